The lowest BCUT2D eigenvalue weighted by molar-refractivity contribution is -0.145. The highest BCUT2D eigenvalue weighted by Crippen LogP contribution is 2.27. The Morgan fingerprint density at radius 3 is 2.71 bits per heavy atom. The van der Waals surface area contributed by atoms with Gasteiger partial charge in [-0.3, -0.25) is 9.69 Å². The van der Waals surface area contributed by atoms with Crippen molar-refractivity contribution in [2.75, 3.05) is 26.3 Å². The van der Waals surface area contributed by atoms with Crippen LogP contribution in [0.3, 0.4) is 0 Å². The van der Waals surface area contributed by atoms with Gasteiger partial charge in [0.25, 0.3) is 0 Å². The van der Waals surface area contributed by atoms with E-state index in [1.54, 1.807) is 10.9 Å². The molecule has 17 heavy (non-hydrogen) atoms. The lowest BCUT2D eigenvalue weighted by atomic mass is 10.2. The normalized spacial score (nSPS) is 19.2. The van der Waals surface area contributed by atoms with E-state index in [0.717, 1.165) is 0 Å². The molecule has 0 aliphatic carbocycles. The topological polar surface area (TPSA) is 67.6 Å². The molecule has 0 bridgehead atoms. The van der Waals surface area contributed by atoms with Crippen molar-refractivity contribution in [3.05, 3.63) is 16.6 Å². The zero-order chi connectivity index (χ0) is 12.4. The van der Waals surface area contributed by atoms with Crippen LogP contribution in [0.5, 0.6) is 0 Å². The Morgan fingerprint density at radius 2 is 2.24 bits per heavy atom. The molecule has 7 heteroatoms. The van der Waals surface area contributed by atoms with Gasteiger partial charge < -0.3 is 14.4 Å². The summed E-state index contributed by atoms with van der Waals surface area (Å²) in [7, 11) is 1.82. The van der Waals surface area contributed by atoms with E-state index < -0.39 is 12.0 Å². The van der Waals surface area contributed by atoms with E-state index in [9.17, 15) is 9.90 Å². The molecule has 2 rings (SSSR count). The van der Waals surface area contributed by atoms with Crippen LogP contribution in [-0.4, -0.2) is 51.8 Å². The molecule has 1 aliphatic rings. The van der Waals surface area contributed by atoms with Crippen molar-refractivity contribution >= 4 is 21.9 Å². The molecule has 1 aromatic heterocycles. The van der Waals surface area contributed by atoms with Crippen LogP contribution in [-0.2, 0) is 16.6 Å². The molecule has 0 radical (unpaired) electrons. The quantitative estimate of drug-likeness (QED) is 0.887. The molecule has 0 spiro atoms. The highest BCUT2D eigenvalue weighted by atomic mass is 79.9. The van der Waals surface area contributed by atoms with Crippen molar-refractivity contribution < 1.29 is 14.6 Å². The molecular formula is C10H14BrN3O3. The van der Waals surface area contributed by atoms with Crippen molar-refractivity contribution in [3.63, 3.8) is 0 Å². The predicted molar refractivity (Wildman–Crippen MR) is 63.7 cm³/mol. The molecule has 0 aromatic carbocycles. The SMILES string of the molecule is Cn1cnc(C(C(=O)O)N2CCOCC2)c1Br. The van der Waals surface area contributed by atoms with Crippen molar-refractivity contribution in [2.45, 2.75) is 6.04 Å². The summed E-state index contributed by atoms with van der Waals surface area (Å²) in [6.07, 6.45) is 1.61. The Morgan fingerprint density at radius 1 is 1.59 bits per heavy atom. The number of hydrogen-bond donors (Lipinski definition) is 1. The summed E-state index contributed by atoms with van der Waals surface area (Å²) in [6, 6.07) is -0.713. The minimum absolute atomic E-state index is 0.543. The number of halogens is 1. The molecule has 94 valence electrons. The Kier molecular flexibility index (Phi) is 3.80. The number of morpholine rings is 1. The third-order valence-electron chi connectivity index (χ3n) is 2.79. The zero-order valence-corrected chi connectivity index (χ0v) is 11.1. The van der Waals surface area contributed by atoms with Gasteiger partial charge in [0.15, 0.2) is 6.04 Å². The zero-order valence-electron chi connectivity index (χ0n) is 9.47. The molecule has 6 nitrogen and oxygen atoms in total. The van der Waals surface area contributed by atoms with Crippen LogP contribution in [0.4, 0.5) is 0 Å². The summed E-state index contributed by atoms with van der Waals surface area (Å²) in [5.41, 5.74) is 0.543. The highest BCUT2D eigenvalue weighted by molar-refractivity contribution is 9.10. The summed E-state index contributed by atoms with van der Waals surface area (Å²) < 4.78 is 7.69. The molecule has 0 amide bonds. The monoisotopic (exact) mass is 303 g/mol. The fraction of sp³-hybridized carbons (Fsp3) is 0.600. The summed E-state index contributed by atoms with van der Waals surface area (Å²) in [6.45, 7) is 2.35. The van der Waals surface area contributed by atoms with E-state index in [0.29, 0.717) is 36.6 Å². The fourth-order valence-electron chi connectivity index (χ4n) is 1.90. The second-order valence-corrected chi connectivity index (χ2v) is 4.67. The van der Waals surface area contributed by atoms with E-state index in [1.165, 1.54) is 0 Å². The van der Waals surface area contributed by atoms with Gasteiger partial charge in [-0.05, 0) is 15.9 Å². The van der Waals surface area contributed by atoms with Crippen molar-refractivity contribution in [1.82, 2.24) is 14.5 Å². The van der Waals surface area contributed by atoms with Gasteiger partial charge in [-0.2, -0.15) is 0 Å². The van der Waals surface area contributed by atoms with Gasteiger partial charge in [0.2, 0.25) is 0 Å². The van der Waals surface area contributed by atoms with E-state index in [1.807, 2.05) is 11.9 Å². The largest absolute Gasteiger partial charge is 0.480 e. The van der Waals surface area contributed by atoms with Gasteiger partial charge >= 0.3 is 5.97 Å². The standard InChI is InChI=1S/C10H14BrN3O3/c1-13-6-12-7(9(13)11)8(10(15)16)14-2-4-17-5-3-14/h6,8H,2-5H2,1H3,(H,15,16). The first-order chi connectivity index (χ1) is 8.11. The van der Waals surface area contributed by atoms with Crippen molar-refractivity contribution in [1.29, 1.82) is 0 Å². The lowest BCUT2D eigenvalue weighted by Gasteiger charge is -2.31. The molecule has 2 heterocycles. The molecular weight excluding hydrogens is 290 g/mol. The molecule has 1 N–H and O–H groups in total. The number of nitrogens with zero attached hydrogens (tertiary/aromatic N) is 3. The van der Waals surface area contributed by atoms with Crippen LogP contribution in [0.2, 0.25) is 0 Å². The van der Waals surface area contributed by atoms with Crippen LogP contribution >= 0.6 is 15.9 Å². The maximum absolute atomic E-state index is 11.4. The molecule has 1 atom stereocenters. The average Bonchev–Trinajstić information content (AvgIpc) is 2.63. The van der Waals surface area contributed by atoms with Crippen LogP contribution in [0.1, 0.15) is 11.7 Å². The molecule has 0 saturated carbocycles. The molecule has 1 saturated heterocycles. The number of carboxylic acid groups (broad SMARTS) is 1. The summed E-state index contributed by atoms with van der Waals surface area (Å²) in [4.78, 5) is 17.4. The van der Waals surface area contributed by atoms with Gasteiger partial charge in [0.05, 0.1) is 19.5 Å². The van der Waals surface area contributed by atoms with E-state index in [2.05, 4.69) is 20.9 Å². The third-order valence-corrected chi connectivity index (χ3v) is 3.76. The lowest BCUT2D eigenvalue weighted by Crippen LogP contribution is -2.42. The van der Waals surface area contributed by atoms with E-state index >= 15 is 0 Å². The number of aryl methyl sites for hydroxylation is 1. The Bertz CT molecular complexity index is 415. The maximum Gasteiger partial charge on any atom is 0.327 e. The number of ether oxygens (including phenoxy) is 1. The van der Waals surface area contributed by atoms with E-state index in [4.69, 9.17) is 4.74 Å². The van der Waals surface area contributed by atoms with Crippen LogP contribution < -0.4 is 0 Å². The summed E-state index contributed by atoms with van der Waals surface area (Å²) in [5, 5.41) is 9.36. The van der Waals surface area contributed by atoms with Gasteiger partial charge in [0.1, 0.15) is 10.3 Å². The molecule has 1 fully saturated rings. The first-order valence-corrected chi connectivity index (χ1v) is 6.12. The molecule has 1 aliphatic heterocycles. The van der Waals surface area contributed by atoms with Crippen LogP contribution in [0.25, 0.3) is 0 Å². The number of imidazole rings is 1. The first-order valence-electron chi connectivity index (χ1n) is 5.32. The van der Waals surface area contributed by atoms with Crippen LogP contribution in [0, 0.1) is 0 Å². The minimum atomic E-state index is -0.883. The Labute approximate surface area is 107 Å². The third kappa shape index (κ3) is 2.51. The Balaban J connectivity index is 2.28. The van der Waals surface area contributed by atoms with Gasteiger partial charge in [0, 0.05) is 20.1 Å². The summed E-state index contributed by atoms with van der Waals surface area (Å²) >= 11 is 3.36. The van der Waals surface area contributed by atoms with Gasteiger partial charge in [-0.1, -0.05) is 0 Å². The smallest absolute Gasteiger partial charge is 0.327 e. The molecule has 1 aromatic rings. The van der Waals surface area contributed by atoms with Crippen molar-refractivity contribution in [2.24, 2.45) is 7.05 Å². The van der Waals surface area contributed by atoms with Gasteiger partial charge in [-0.25, -0.2) is 4.98 Å². The number of aromatic nitrogens is 2. The van der Waals surface area contributed by atoms with Crippen molar-refractivity contribution in [3.8, 4) is 0 Å². The predicted octanol–water partition coefficient (Wildman–Crippen LogP) is 0.641. The highest BCUT2D eigenvalue weighted by Gasteiger charge is 2.32. The van der Waals surface area contributed by atoms with Crippen LogP contribution in [0.15, 0.2) is 10.9 Å². The molecule has 1 unspecified atom stereocenters. The average molecular weight is 304 g/mol. The number of rotatable bonds is 3. The first kappa shape index (κ1) is 12.5. The maximum atomic E-state index is 11.4. The number of hydrogen-bond acceptors (Lipinski definition) is 4. The van der Waals surface area contributed by atoms with Gasteiger partial charge in [-0.15, -0.1) is 0 Å². The second kappa shape index (κ2) is 5.16. The number of carboxylic acids is 1. The van der Waals surface area contributed by atoms with E-state index in [-0.39, 0.29) is 0 Å². The second-order valence-electron chi connectivity index (χ2n) is 3.92. The Hall–Kier alpha value is -0.920. The minimum Gasteiger partial charge on any atom is -0.480 e. The fourth-order valence-corrected chi connectivity index (χ4v) is 2.31. The summed E-state index contributed by atoms with van der Waals surface area (Å²) in [5.74, 6) is -0.883. The number of aliphatic carboxylic acids is 1. The number of carbonyl (C=O) groups is 1.